The lowest BCUT2D eigenvalue weighted by Crippen LogP contribution is -2.43. The number of aromatic nitrogens is 1. The number of nitrogens with zero attached hydrogens (tertiary/aromatic N) is 3. The van der Waals surface area contributed by atoms with Crippen molar-refractivity contribution >= 4 is 11.9 Å². The van der Waals surface area contributed by atoms with E-state index in [1.807, 2.05) is 18.0 Å². The minimum absolute atomic E-state index is 0.0339. The van der Waals surface area contributed by atoms with Crippen LogP contribution in [0, 0.1) is 5.92 Å². The zero-order chi connectivity index (χ0) is 18.9. The minimum atomic E-state index is -0.543. The van der Waals surface area contributed by atoms with Crippen molar-refractivity contribution in [3.8, 4) is 0 Å². The number of hydrogen-bond acceptors (Lipinski definition) is 5. The molecule has 1 aliphatic carbocycles. The first-order chi connectivity index (χ1) is 13.1. The second kappa shape index (κ2) is 7.58. The fourth-order valence-electron chi connectivity index (χ4n) is 4.84. The summed E-state index contributed by atoms with van der Waals surface area (Å²) < 4.78 is 5.77. The first-order valence-corrected chi connectivity index (χ1v) is 10.2. The van der Waals surface area contributed by atoms with Gasteiger partial charge in [-0.1, -0.05) is 6.42 Å². The van der Waals surface area contributed by atoms with Crippen LogP contribution in [0.15, 0.2) is 18.5 Å². The lowest BCUT2D eigenvalue weighted by molar-refractivity contribution is -0.137. The van der Waals surface area contributed by atoms with Gasteiger partial charge >= 0.3 is 5.97 Å². The van der Waals surface area contributed by atoms with E-state index in [1.165, 1.54) is 19.3 Å². The Labute approximate surface area is 160 Å². The number of hydrogen-bond donors (Lipinski definition) is 0. The van der Waals surface area contributed by atoms with E-state index in [9.17, 15) is 9.59 Å². The number of likely N-dealkylation sites (tertiary alicyclic amines) is 1. The number of piperidine rings is 1. The van der Waals surface area contributed by atoms with E-state index in [2.05, 4.69) is 9.88 Å². The van der Waals surface area contributed by atoms with E-state index in [1.54, 1.807) is 12.4 Å². The molecule has 0 bridgehead atoms. The Balaban J connectivity index is 1.32. The summed E-state index contributed by atoms with van der Waals surface area (Å²) in [5.74, 6) is -0.00534. The minimum Gasteiger partial charge on any atom is -0.451 e. The third kappa shape index (κ3) is 3.59. The van der Waals surface area contributed by atoms with Crippen LogP contribution in [0.5, 0.6) is 0 Å². The highest BCUT2D eigenvalue weighted by Gasteiger charge is 2.48. The van der Waals surface area contributed by atoms with Crippen molar-refractivity contribution in [3.63, 3.8) is 0 Å². The Morgan fingerprint density at radius 2 is 2.04 bits per heavy atom. The molecule has 2 fully saturated rings. The van der Waals surface area contributed by atoms with E-state index < -0.39 is 5.60 Å². The predicted molar refractivity (Wildman–Crippen MR) is 101 cm³/mol. The number of esters is 1. The van der Waals surface area contributed by atoms with E-state index in [0.717, 1.165) is 44.6 Å². The highest BCUT2D eigenvalue weighted by atomic mass is 16.6. The van der Waals surface area contributed by atoms with Crippen molar-refractivity contribution in [2.75, 3.05) is 33.2 Å². The summed E-state index contributed by atoms with van der Waals surface area (Å²) in [4.78, 5) is 33.4. The number of likely N-dealkylation sites (N-methyl/N-ethyl adjacent to an activating group) is 1. The lowest BCUT2D eigenvalue weighted by atomic mass is 9.75. The van der Waals surface area contributed by atoms with Crippen LogP contribution in [0.2, 0.25) is 0 Å². The Kier molecular flexibility index (Phi) is 5.17. The first-order valence-electron chi connectivity index (χ1n) is 10.2. The van der Waals surface area contributed by atoms with Gasteiger partial charge in [-0.05, 0) is 57.7 Å². The molecule has 3 aliphatic rings. The average molecular weight is 371 g/mol. The highest BCUT2D eigenvalue weighted by molar-refractivity contribution is 5.94. The van der Waals surface area contributed by atoms with Crippen LogP contribution in [0.1, 0.15) is 60.9 Å². The highest BCUT2D eigenvalue weighted by Crippen LogP contribution is 2.48. The van der Waals surface area contributed by atoms with E-state index in [0.29, 0.717) is 18.4 Å². The largest absolute Gasteiger partial charge is 0.451 e. The van der Waals surface area contributed by atoms with Crippen LogP contribution < -0.4 is 0 Å². The Hall–Kier alpha value is -1.95. The summed E-state index contributed by atoms with van der Waals surface area (Å²) in [5, 5.41) is 0. The fourth-order valence-corrected chi connectivity index (χ4v) is 4.84. The second-order valence-electron chi connectivity index (χ2n) is 8.24. The van der Waals surface area contributed by atoms with Crippen LogP contribution >= 0.6 is 0 Å². The van der Waals surface area contributed by atoms with Gasteiger partial charge in [-0.2, -0.15) is 0 Å². The van der Waals surface area contributed by atoms with Gasteiger partial charge in [0.2, 0.25) is 5.91 Å². The van der Waals surface area contributed by atoms with Crippen molar-refractivity contribution in [2.45, 2.75) is 50.5 Å². The van der Waals surface area contributed by atoms with Crippen molar-refractivity contribution < 1.29 is 14.3 Å². The van der Waals surface area contributed by atoms with Gasteiger partial charge in [-0.15, -0.1) is 0 Å². The van der Waals surface area contributed by atoms with E-state index >= 15 is 0 Å². The second-order valence-corrected chi connectivity index (χ2v) is 8.24. The number of amides is 1. The number of fused-ring (bicyclic) bond motifs is 2. The smallest absolute Gasteiger partial charge is 0.341 e. The average Bonchev–Trinajstić information content (AvgIpc) is 2.99. The number of carbonyl (C=O) groups is 2. The van der Waals surface area contributed by atoms with Crippen molar-refractivity contribution in [1.82, 2.24) is 14.8 Å². The molecule has 0 unspecified atom stereocenters. The summed E-state index contributed by atoms with van der Waals surface area (Å²) in [6.07, 6.45) is 10.2. The van der Waals surface area contributed by atoms with Gasteiger partial charge in [0.15, 0.2) is 0 Å². The third-order valence-corrected chi connectivity index (χ3v) is 6.54. The van der Waals surface area contributed by atoms with Crippen molar-refractivity contribution in [1.29, 1.82) is 0 Å². The Morgan fingerprint density at radius 1 is 1.30 bits per heavy atom. The van der Waals surface area contributed by atoms with Gasteiger partial charge in [-0.3, -0.25) is 9.78 Å². The molecule has 1 amide bonds. The molecule has 2 aliphatic heterocycles. The SMILES string of the molecule is CN(CCN1CCCCC1)C(=O)[C@H]1CC[C@@]2(CC1)OC(=O)c1cnccc12. The molecule has 27 heavy (non-hydrogen) atoms. The zero-order valence-electron chi connectivity index (χ0n) is 16.2. The molecule has 1 saturated heterocycles. The topological polar surface area (TPSA) is 62.7 Å². The summed E-state index contributed by atoms with van der Waals surface area (Å²) in [5.41, 5.74) is 0.992. The number of ether oxygens (including phenoxy) is 1. The van der Waals surface area contributed by atoms with Gasteiger partial charge in [0.1, 0.15) is 5.60 Å². The lowest BCUT2D eigenvalue weighted by Gasteiger charge is -2.37. The van der Waals surface area contributed by atoms with Crippen LogP contribution in [0.3, 0.4) is 0 Å². The molecule has 1 aromatic heterocycles. The molecule has 3 heterocycles. The molecule has 6 heteroatoms. The van der Waals surface area contributed by atoms with Crippen LogP contribution in [-0.2, 0) is 15.1 Å². The van der Waals surface area contributed by atoms with Gasteiger partial charge in [0.25, 0.3) is 0 Å². The van der Waals surface area contributed by atoms with Crippen molar-refractivity contribution in [2.24, 2.45) is 5.92 Å². The van der Waals surface area contributed by atoms with Gasteiger partial charge in [-0.25, -0.2) is 4.79 Å². The summed E-state index contributed by atoms with van der Waals surface area (Å²) >= 11 is 0. The molecule has 1 spiro atoms. The summed E-state index contributed by atoms with van der Waals surface area (Å²) in [6, 6.07) is 1.90. The quantitative estimate of drug-likeness (QED) is 0.761. The summed E-state index contributed by atoms with van der Waals surface area (Å²) in [6.45, 7) is 4.09. The Morgan fingerprint density at radius 3 is 2.78 bits per heavy atom. The molecule has 4 rings (SSSR count). The number of carbonyl (C=O) groups excluding carboxylic acids is 2. The van der Waals surface area contributed by atoms with Gasteiger partial charge in [0.05, 0.1) is 5.56 Å². The number of rotatable bonds is 4. The molecule has 0 atom stereocenters. The van der Waals surface area contributed by atoms with Crippen molar-refractivity contribution in [3.05, 3.63) is 29.6 Å². The normalized spacial score (nSPS) is 28.0. The maximum Gasteiger partial charge on any atom is 0.341 e. The molecule has 6 nitrogen and oxygen atoms in total. The molecule has 1 saturated carbocycles. The van der Waals surface area contributed by atoms with Crippen LogP contribution in [0.4, 0.5) is 0 Å². The first kappa shape index (κ1) is 18.4. The van der Waals surface area contributed by atoms with Gasteiger partial charge in [0, 0.05) is 44.0 Å². The zero-order valence-corrected chi connectivity index (χ0v) is 16.2. The standard InChI is InChI=1S/C21H29N3O3/c1-23(13-14-24-11-3-2-4-12-24)19(25)16-5-8-21(9-6-16)18-7-10-22-15-17(18)20(26)27-21/h7,10,15-16H,2-6,8-9,11-14H2,1H3/t16-,21-. The monoisotopic (exact) mass is 371 g/mol. The molecule has 0 aromatic carbocycles. The molecule has 1 aromatic rings. The van der Waals surface area contributed by atoms with Crippen LogP contribution in [-0.4, -0.2) is 59.9 Å². The van der Waals surface area contributed by atoms with E-state index in [-0.39, 0.29) is 17.8 Å². The van der Waals surface area contributed by atoms with E-state index in [4.69, 9.17) is 4.74 Å². The predicted octanol–water partition coefficient (Wildman–Crippen LogP) is 2.58. The third-order valence-electron chi connectivity index (χ3n) is 6.54. The maximum absolute atomic E-state index is 12.9. The maximum atomic E-state index is 12.9. The fraction of sp³-hybridized carbons (Fsp3) is 0.667. The van der Waals surface area contributed by atoms with Crippen LogP contribution in [0.25, 0.3) is 0 Å². The summed E-state index contributed by atoms with van der Waals surface area (Å²) in [7, 11) is 1.92. The van der Waals surface area contributed by atoms with Gasteiger partial charge < -0.3 is 14.5 Å². The molecular formula is C21H29N3O3. The molecular weight excluding hydrogens is 342 g/mol. The molecule has 146 valence electrons. The number of pyridine rings is 1. The Bertz CT molecular complexity index is 706. The molecule has 0 radical (unpaired) electrons. The molecule has 0 N–H and O–H groups in total.